The lowest BCUT2D eigenvalue weighted by Gasteiger charge is -1.98. The molecule has 21 heavy (non-hydrogen) atoms. The number of thioether (sulfide) groups is 1. The van der Waals surface area contributed by atoms with E-state index in [1.165, 1.54) is 25.3 Å². The van der Waals surface area contributed by atoms with Crippen LogP contribution in [-0.2, 0) is 14.3 Å². The van der Waals surface area contributed by atoms with Crippen LogP contribution in [0.5, 0.6) is 0 Å². The van der Waals surface area contributed by atoms with Gasteiger partial charge in [0.25, 0.3) is 11.8 Å². The molecule has 0 aliphatic carbocycles. The summed E-state index contributed by atoms with van der Waals surface area (Å²) in [5.74, 6) is -2.80. The number of aliphatic imine (C=N–C) groups is 1. The van der Waals surface area contributed by atoms with Gasteiger partial charge < -0.3 is 10.1 Å². The minimum Gasteiger partial charge on any atom is -0.466 e. The number of carbonyl (C=O) groups is 3. The van der Waals surface area contributed by atoms with Gasteiger partial charge in [0, 0.05) is 6.08 Å². The molecule has 1 saturated heterocycles. The standard InChI is InChI=1S/C13H9FN2O4S/c1-20-10(17)6-9-12(19)16-13(21-9)15-11(18)7-4-2-3-5-8(7)14/h2-6H,1H3,(H,15,16,18,19)/b9-6-. The summed E-state index contributed by atoms with van der Waals surface area (Å²) in [5, 5.41) is 2.28. The Morgan fingerprint density at radius 1 is 1.38 bits per heavy atom. The van der Waals surface area contributed by atoms with Gasteiger partial charge in [0.1, 0.15) is 5.82 Å². The van der Waals surface area contributed by atoms with Gasteiger partial charge in [-0.2, -0.15) is 4.99 Å². The van der Waals surface area contributed by atoms with Crippen LogP contribution in [0.4, 0.5) is 4.39 Å². The van der Waals surface area contributed by atoms with Crippen LogP contribution in [0.2, 0.25) is 0 Å². The number of ether oxygens (including phenoxy) is 1. The number of amidine groups is 1. The highest BCUT2D eigenvalue weighted by molar-refractivity contribution is 8.18. The second-order valence-corrected chi connectivity index (χ2v) is 4.82. The monoisotopic (exact) mass is 308 g/mol. The molecule has 1 aromatic carbocycles. The third-order valence-corrected chi connectivity index (χ3v) is 3.32. The number of carbonyl (C=O) groups excluding carboxylic acids is 3. The van der Waals surface area contributed by atoms with Crippen molar-refractivity contribution in [1.29, 1.82) is 0 Å². The first-order valence-electron chi connectivity index (χ1n) is 5.67. The minimum atomic E-state index is -0.824. The molecule has 0 spiro atoms. The van der Waals surface area contributed by atoms with E-state index in [1.807, 2.05) is 0 Å². The summed E-state index contributed by atoms with van der Waals surface area (Å²) in [4.78, 5) is 38.1. The number of rotatable bonds is 2. The smallest absolute Gasteiger partial charge is 0.331 e. The van der Waals surface area contributed by atoms with Crippen LogP contribution in [0, 0.1) is 5.82 Å². The van der Waals surface area contributed by atoms with Crippen molar-refractivity contribution in [3.05, 3.63) is 46.6 Å². The Labute approximate surface area is 123 Å². The lowest BCUT2D eigenvalue weighted by Crippen LogP contribution is -2.21. The zero-order valence-electron chi connectivity index (χ0n) is 10.8. The van der Waals surface area contributed by atoms with E-state index in [9.17, 15) is 18.8 Å². The molecule has 1 aromatic rings. The number of esters is 1. The van der Waals surface area contributed by atoms with E-state index in [4.69, 9.17) is 0 Å². The van der Waals surface area contributed by atoms with E-state index in [0.29, 0.717) is 0 Å². The SMILES string of the molecule is COC(=O)/C=C1\SC(=NC(=O)c2ccccc2F)NC1=O. The van der Waals surface area contributed by atoms with E-state index in [1.54, 1.807) is 0 Å². The molecule has 1 aliphatic heterocycles. The zero-order chi connectivity index (χ0) is 15.4. The Kier molecular flexibility index (Phi) is 4.49. The molecule has 8 heteroatoms. The summed E-state index contributed by atoms with van der Waals surface area (Å²) in [7, 11) is 1.17. The second-order valence-electron chi connectivity index (χ2n) is 3.79. The average Bonchev–Trinajstić information content (AvgIpc) is 2.78. The first kappa shape index (κ1) is 14.9. The fraction of sp³-hybridized carbons (Fsp3) is 0.0769. The summed E-state index contributed by atoms with van der Waals surface area (Å²) in [6, 6.07) is 5.37. The normalized spacial score (nSPS) is 17.9. The Hall–Kier alpha value is -2.48. The van der Waals surface area contributed by atoms with Crippen LogP contribution in [-0.4, -0.2) is 30.1 Å². The summed E-state index contributed by atoms with van der Waals surface area (Å²) in [5.41, 5.74) is -0.203. The van der Waals surface area contributed by atoms with Crippen molar-refractivity contribution in [1.82, 2.24) is 5.32 Å². The number of methoxy groups -OCH3 is 1. The summed E-state index contributed by atoms with van der Waals surface area (Å²) >= 11 is 0.798. The van der Waals surface area contributed by atoms with Gasteiger partial charge in [0.2, 0.25) is 0 Å². The van der Waals surface area contributed by atoms with Gasteiger partial charge in [0.05, 0.1) is 17.6 Å². The molecule has 0 unspecified atom stereocenters. The molecule has 1 heterocycles. The Bertz CT molecular complexity index is 685. The van der Waals surface area contributed by atoms with Crippen molar-refractivity contribution in [3.63, 3.8) is 0 Å². The van der Waals surface area contributed by atoms with Gasteiger partial charge >= 0.3 is 5.97 Å². The van der Waals surface area contributed by atoms with Crippen LogP contribution in [0.25, 0.3) is 0 Å². The first-order valence-corrected chi connectivity index (χ1v) is 6.49. The van der Waals surface area contributed by atoms with Crippen LogP contribution >= 0.6 is 11.8 Å². The predicted octanol–water partition coefficient (Wildman–Crippen LogP) is 1.24. The minimum absolute atomic E-state index is 0.0246. The first-order chi connectivity index (χ1) is 10.0. The predicted molar refractivity (Wildman–Crippen MR) is 74.0 cm³/mol. The number of nitrogens with zero attached hydrogens (tertiary/aromatic N) is 1. The number of hydrogen-bond acceptors (Lipinski definition) is 5. The average molecular weight is 308 g/mol. The zero-order valence-corrected chi connectivity index (χ0v) is 11.6. The van der Waals surface area contributed by atoms with E-state index in [-0.39, 0.29) is 15.6 Å². The molecule has 2 rings (SSSR count). The van der Waals surface area contributed by atoms with Gasteiger partial charge in [-0.3, -0.25) is 9.59 Å². The summed E-state index contributed by atoms with van der Waals surface area (Å²) in [6.45, 7) is 0. The molecule has 108 valence electrons. The maximum Gasteiger partial charge on any atom is 0.331 e. The van der Waals surface area contributed by atoms with E-state index < -0.39 is 23.6 Å². The van der Waals surface area contributed by atoms with Crippen LogP contribution in [0.1, 0.15) is 10.4 Å². The lowest BCUT2D eigenvalue weighted by atomic mass is 10.2. The van der Waals surface area contributed by atoms with Crippen LogP contribution in [0.3, 0.4) is 0 Å². The number of amides is 2. The molecular formula is C13H9FN2O4S. The molecule has 6 nitrogen and oxygen atoms in total. The van der Waals surface area contributed by atoms with Crippen molar-refractivity contribution >= 4 is 34.7 Å². The largest absolute Gasteiger partial charge is 0.466 e. The van der Waals surface area contributed by atoms with Gasteiger partial charge in [-0.15, -0.1) is 0 Å². The number of nitrogens with one attached hydrogen (secondary N) is 1. The fourth-order valence-corrected chi connectivity index (χ4v) is 2.21. The molecule has 1 fully saturated rings. The molecule has 0 saturated carbocycles. The van der Waals surface area contributed by atoms with Crippen molar-refractivity contribution < 1.29 is 23.5 Å². The molecule has 0 bridgehead atoms. The molecule has 0 atom stereocenters. The van der Waals surface area contributed by atoms with Crippen LogP contribution < -0.4 is 5.32 Å². The highest BCUT2D eigenvalue weighted by atomic mass is 32.2. The highest BCUT2D eigenvalue weighted by Gasteiger charge is 2.26. The van der Waals surface area contributed by atoms with Crippen molar-refractivity contribution in [2.75, 3.05) is 7.11 Å². The van der Waals surface area contributed by atoms with Crippen molar-refractivity contribution in [2.24, 2.45) is 4.99 Å². The van der Waals surface area contributed by atoms with Gasteiger partial charge in [-0.1, -0.05) is 12.1 Å². The lowest BCUT2D eigenvalue weighted by molar-refractivity contribution is -0.135. The molecule has 1 N–H and O–H groups in total. The Balaban J connectivity index is 2.19. The van der Waals surface area contributed by atoms with E-state index in [0.717, 1.165) is 23.9 Å². The number of hydrogen-bond donors (Lipinski definition) is 1. The summed E-state index contributed by atoms with van der Waals surface area (Å²) in [6.07, 6.45) is 0.982. The fourth-order valence-electron chi connectivity index (χ4n) is 1.43. The maximum atomic E-state index is 13.4. The molecule has 1 aliphatic rings. The Morgan fingerprint density at radius 3 is 2.76 bits per heavy atom. The van der Waals surface area contributed by atoms with Crippen molar-refractivity contribution in [2.45, 2.75) is 0 Å². The van der Waals surface area contributed by atoms with E-state index in [2.05, 4.69) is 15.0 Å². The van der Waals surface area contributed by atoms with Crippen LogP contribution in [0.15, 0.2) is 40.2 Å². The van der Waals surface area contributed by atoms with Crippen molar-refractivity contribution in [3.8, 4) is 0 Å². The quantitative estimate of drug-likeness (QED) is 0.656. The summed E-state index contributed by atoms with van der Waals surface area (Å²) < 4.78 is 17.8. The van der Waals surface area contributed by atoms with Gasteiger partial charge in [-0.05, 0) is 23.9 Å². The van der Waals surface area contributed by atoms with Gasteiger partial charge in [0.15, 0.2) is 5.17 Å². The molecular weight excluding hydrogens is 299 g/mol. The maximum absolute atomic E-state index is 13.4. The molecule has 0 aromatic heterocycles. The third kappa shape index (κ3) is 3.54. The highest BCUT2D eigenvalue weighted by Crippen LogP contribution is 2.24. The molecule has 2 amide bonds. The second kappa shape index (κ2) is 6.31. The topological polar surface area (TPSA) is 84.8 Å². The molecule has 0 radical (unpaired) electrons. The number of benzene rings is 1. The number of halogens is 1. The third-order valence-electron chi connectivity index (χ3n) is 2.41. The van der Waals surface area contributed by atoms with E-state index >= 15 is 0 Å². The van der Waals surface area contributed by atoms with Gasteiger partial charge in [-0.25, -0.2) is 9.18 Å². The Morgan fingerprint density at radius 2 is 2.10 bits per heavy atom.